The quantitative estimate of drug-likeness (QED) is 0.611. The minimum absolute atomic E-state index is 0.146. The Morgan fingerprint density at radius 3 is 2.54 bits per heavy atom. The first-order chi connectivity index (χ1) is 11.5. The van der Waals surface area contributed by atoms with Crippen LogP contribution in [0.5, 0.6) is 0 Å². The number of thioether (sulfide) groups is 1. The van der Waals surface area contributed by atoms with Gasteiger partial charge in [0, 0.05) is 12.2 Å². The normalized spacial score (nSPS) is 10.5. The number of rotatable bonds is 7. The van der Waals surface area contributed by atoms with Crippen molar-refractivity contribution in [2.75, 3.05) is 17.7 Å². The molecule has 24 heavy (non-hydrogen) atoms. The molecular weight excluding hydrogens is 328 g/mol. The molecule has 1 N–H and O–H groups in total. The number of nitrogens with zero attached hydrogens (tertiary/aromatic N) is 3. The number of carbonyl (C=O) groups is 2. The Morgan fingerprint density at radius 2 is 1.92 bits per heavy atom. The Labute approximate surface area is 144 Å². The number of benzene rings is 1. The van der Waals surface area contributed by atoms with Gasteiger partial charge < -0.3 is 14.6 Å². The average Bonchev–Trinajstić information content (AvgIpc) is 2.93. The smallest absolute Gasteiger partial charge is 0.338 e. The second-order valence-electron chi connectivity index (χ2n) is 4.91. The summed E-state index contributed by atoms with van der Waals surface area (Å²) in [5.74, 6) is 0.542. The number of anilines is 1. The van der Waals surface area contributed by atoms with E-state index in [2.05, 4.69) is 15.5 Å². The van der Waals surface area contributed by atoms with Crippen LogP contribution in [0.4, 0.5) is 5.69 Å². The van der Waals surface area contributed by atoms with Gasteiger partial charge in [0.1, 0.15) is 5.82 Å². The molecule has 0 aliphatic heterocycles. The fraction of sp³-hybridized carbons (Fsp3) is 0.375. The highest BCUT2D eigenvalue weighted by molar-refractivity contribution is 7.99. The van der Waals surface area contributed by atoms with Crippen LogP contribution in [0, 0.1) is 6.92 Å². The summed E-state index contributed by atoms with van der Waals surface area (Å²) >= 11 is 1.34. The molecule has 0 saturated heterocycles. The Balaban J connectivity index is 1.89. The number of carbonyl (C=O) groups excluding carboxylic acids is 2. The number of hydrogen-bond acceptors (Lipinski definition) is 6. The van der Waals surface area contributed by atoms with Crippen LogP contribution in [-0.4, -0.2) is 39.0 Å². The highest BCUT2D eigenvalue weighted by Gasteiger charge is 2.11. The standard InChI is InChI=1S/C16H20N4O3S/c1-4-20-11(3)18-19-16(20)24-10-14(21)17-13-8-6-12(7-9-13)15(22)23-5-2/h6-9H,4-5,10H2,1-3H3,(H,17,21). The number of hydrogen-bond donors (Lipinski definition) is 1. The van der Waals surface area contributed by atoms with Gasteiger partial charge in [-0.05, 0) is 45.0 Å². The summed E-state index contributed by atoms with van der Waals surface area (Å²) < 4.78 is 6.87. The van der Waals surface area contributed by atoms with E-state index < -0.39 is 0 Å². The zero-order chi connectivity index (χ0) is 17.5. The highest BCUT2D eigenvalue weighted by atomic mass is 32.2. The maximum atomic E-state index is 12.0. The zero-order valence-corrected chi connectivity index (χ0v) is 14.7. The van der Waals surface area contributed by atoms with Gasteiger partial charge in [0.25, 0.3) is 0 Å². The molecule has 0 atom stereocenters. The van der Waals surface area contributed by atoms with E-state index in [1.54, 1.807) is 31.2 Å². The fourth-order valence-electron chi connectivity index (χ4n) is 2.06. The summed E-state index contributed by atoms with van der Waals surface area (Å²) in [6.45, 7) is 6.73. The SMILES string of the molecule is CCOC(=O)c1ccc(NC(=O)CSc2nnc(C)n2CC)cc1. The molecule has 0 saturated carbocycles. The third kappa shape index (κ3) is 4.58. The molecule has 1 aromatic carbocycles. The molecule has 8 heteroatoms. The largest absolute Gasteiger partial charge is 0.462 e. The summed E-state index contributed by atoms with van der Waals surface area (Å²) in [6.07, 6.45) is 0. The Kier molecular flexibility index (Phi) is 6.36. The number of esters is 1. The molecule has 0 aliphatic carbocycles. The van der Waals surface area contributed by atoms with Crippen LogP contribution in [0.15, 0.2) is 29.4 Å². The van der Waals surface area contributed by atoms with E-state index >= 15 is 0 Å². The monoisotopic (exact) mass is 348 g/mol. The van der Waals surface area contributed by atoms with E-state index in [0.717, 1.165) is 17.5 Å². The van der Waals surface area contributed by atoms with Crippen molar-refractivity contribution in [3.05, 3.63) is 35.7 Å². The lowest BCUT2D eigenvalue weighted by atomic mass is 10.2. The molecule has 0 bridgehead atoms. The van der Waals surface area contributed by atoms with E-state index in [0.29, 0.717) is 17.9 Å². The van der Waals surface area contributed by atoms with E-state index in [4.69, 9.17) is 4.74 Å². The summed E-state index contributed by atoms with van der Waals surface area (Å²) in [7, 11) is 0. The summed E-state index contributed by atoms with van der Waals surface area (Å²) in [6, 6.07) is 6.59. The Morgan fingerprint density at radius 1 is 1.21 bits per heavy atom. The van der Waals surface area contributed by atoms with Crippen LogP contribution in [0.2, 0.25) is 0 Å². The minimum atomic E-state index is -0.375. The fourth-order valence-corrected chi connectivity index (χ4v) is 2.91. The molecule has 0 fully saturated rings. The van der Waals surface area contributed by atoms with Gasteiger partial charge in [-0.25, -0.2) is 4.79 Å². The van der Waals surface area contributed by atoms with Crippen LogP contribution in [0.3, 0.4) is 0 Å². The van der Waals surface area contributed by atoms with E-state index in [-0.39, 0.29) is 17.6 Å². The van der Waals surface area contributed by atoms with E-state index in [1.807, 2.05) is 18.4 Å². The van der Waals surface area contributed by atoms with Gasteiger partial charge in [-0.1, -0.05) is 11.8 Å². The second kappa shape index (κ2) is 8.49. The van der Waals surface area contributed by atoms with Crippen LogP contribution in [0.25, 0.3) is 0 Å². The van der Waals surface area contributed by atoms with Gasteiger partial charge >= 0.3 is 5.97 Å². The minimum Gasteiger partial charge on any atom is -0.462 e. The number of aromatic nitrogens is 3. The third-order valence-electron chi connectivity index (χ3n) is 3.23. The van der Waals surface area contributed by atoms with Crippen molar-refractivity contribution >= 4 is 29.3 Å². The average molecular weight is 348 g/mol. The van der Waals surface area contributed by atoms with Crippen LogP contribution in [-0.2, 0) is 16.1 Å². The van der Waals surface area contributed by atoms with Gasteiger partial charge in [-0.15, -0.1) is 10.2 Å². The number of amides is 1. The maximum Gasteiger partial charge on any atom is 0.338 e. The Hall–Kier alpha value is -2.35. The van der Waals surface area contributed by atoms with Crippen molar-refractivity contribution < 1.29 is 14.3 Å². The molecule has 7 nitrogen and oxygen atoms in total. The molecule has 1 amide bonds. The molecule has 2 aromatic rings. The lowest BCUT2D eigenvalue weighted by Crippen LogP contribution is -2.15. The van der Waals surface area contributed by atoms with E-state index in [9.17, 15) is 9.59 Å². The summed E-state index contributed by atoms with van der Waals surface area (Å²) in [5, 5.41) is 11.6. The number of aryl methyl sites for hydroxylation is 1. The van der Waals surface area contributed by atoms with Crippen molar-refractivity contribution in [2.45, 2.75) is 32.5 Å². The molecule has 2 rings (SSSR count). The number of nitrogens with one attached hydrogen (secondary N) is 1. The molecule has 1 aromatic heterocycles. The number of ether oxygens (including phenoxy) is 1. The molecule has 0 radical (unpaired) electrons. The zero-order valence-electron chi connectivity index (χ0n) is 13.9. The van der Waals surface area contributed by atoms with Crippen LogP contribution < -0.4 is 5.32 Å². The van der Waals surface area contributed by atoms with Gasteiger partial charge in [0.05, 0.1) is 17.9 Å². The van der Waals surface area contributed by atoms with Crippen molar-refractivity contribution in [3.8, 4) is 0 Å². The van der Waals surface area contributed by atoms with Gasteiger partial charge in [0.2, 0.25) is 5.91 Å². The summed E-state index contributed by atoms with van der Waals surface area (Å²) in [4.78, 5) is 23.6. The lowest BCUT2D eigenvalue weighted by Gasteiger charge is -2.07. The van der Waals surface area contributed by atoms with Crippen molar-refractivity contribution in [2.24, 2.45) is 0 Å². The highest BCUT2D eigenvalue weighted by Crippen LogP contribution is 2.17. The van der Waals surface area contributed by atoms with E-state index in [1.165, 1.54) is 11.8 Å². The lowest BCUT2D eigenvalue weighted by molar-refractivity contribution is -0.113. The first-order valence-corrected chi connectivity index (χ1v) is 8.63. The molecule has 128 valence electrons. The first kappa shape index (κ1) is 18.0. The molecule has 0 aliphatic rings. The predicted octanol–water partition coefficient (Wildman–Crippen LogP) is 2.51. The maximum absolute atomic E-state index is 12.0. The van der Waals surface area contributed by atoms with Crippen molar-refractivity contribution in [1.29, 1.82) is 0 Å². The molecule has 0 spiro atoms. The first-order valence-electron chi connectivity index (χ1n) is 7.64. The van der Waals surface area contributed by atoms with Crippen molar-refractivity contribution in [1.82, 2.24) is 14.8 Å². The Bertz CT molecular complexity index is 713. The van der Waals surface area contributed by atoms with Gasteiger partial charge in [0.15, 0.2) is 5.16 Å². The van der Waals surface area contributed by atoms with Gasteiger partial charge in [-0.3, -0.25) is 4.79 Å². The van der Waals surface area contributed by atoms with Crippen molar-refractivity contribution in [3.63, 3.8) is 0 Å². The van der Waals surface area contributed by atoms with Gasteiger partial charge in [-0.2, -0.15) is 0 Å². The van der Waals surface area contributed by atoms with Crippen LogP contribution in [0.1, 0.15) is 30.0 Å². The predicted molar refractivity (Wildman–Crippen MR) is 92.2 cm³/mol. The molecule has 0 unspecified atom stereocenters. The molecule has 1 heterocycles. The molecular formula is C16H20N4O3S. The third-order valence-corrected chi connectivity index (χ3v) is 4.20. The second-order valence-corrected chi connectivity index (χ2v) is 5.85. The summed E-state index contributed by atoms with van der Waals surface area (Å²) in [5.41, 5.74) is 1.08. The van der Waals surface area contributed by atoms with Crippen LogP contribution >= 0.6 is 11.8 Å². The topological polar surface area (TPSA) is 86.1 Å².